The Morgan fingerprint density at radius 3 is 2.57 bits per heavy atom. The molecule has 0 saturated carbocycles. The van der Waals surface area contributed by atoms with E-state index in [9.17, 15) is 5.26 Å². The summed E-state index contributed by atoms with van der Waals surface area (Å²) < 4.78 is 23.5. The number of benzene rings is 1. The molecule has 0 aliphatic rings. The number of rotatable bonds is 7. The molecule has 3 aromatic heterocycles. The van der Waals surface area contributed by atoms with Gasteiger partial charge < -0.3 is 18.0 Å². The van der Waals surface area contributed by atoms with Gasteiger partial charge in [-0.3, -0.25) is 0 Å². The van der Waals surface area contributed by atoms with Crippen molar-refractivity contribution in [2.45, 2.75) is 0 Å². The molecule has 0 unspecified atom stereocenters. The lowest BCUT2D eigenvalue weighted by Gasteiger charge is -2.07. The van der Waals surface area contributed by atoms with Gasteiger partial charge in [-0.15, -0.1) is 0 Å². The number of hydrogen-bond donors (Lipinski definition) is 0. The Kier molecular flexibility index (Phi) is 5.68. The monoisotopic (exact) mass is 462 g/mol. The third kappa shape index (κ3) is 3.86. The first-order valence-corrected chi connectivity index (χ1v) is 9.72. The Bertz CT molecular complexity index is 1230. The van der Waals surface area contributed by atoms with Crippen LogP contribution in [-0.2, 0) is 0 Å². The van der Waals surface area contributed by atoms with E-state index in [1.54, 1.807) is 36.6 Å². The first-order valence-electron chi connectivity index (χ1n) is 8.93. The molecule has 30 heavy (non-hydrogen) atoms. The van der Waals surface area contributed by atoms with E-state index in [4.69, 9.17) is 18.0 Å². The van der Waals surface area contributed by atoms with Gasteiger partial charge in [0.25, 0.3) is 0 Å². The number of hydrogen-bond acceptors (Lipinski definition) is 6. The average Bonchev–Trinajstić information content (AvgIpc) is 3.51. The van der Waals surface area contributed by atoms with Gasteiger partial charge in [-0.1, -0.05) is 28.6 Å². The van der Waals surface area contributed by atoms with Crippen molar-refractivity contribution in [1.82, 2.24) is 0 Å². The molecule has 0 amide bonds. The van der Waals surface area contributed by atoms with Crippen LogP contribution in [0.5, 0.6) is 5.75 Å². The molecule has 0 atom stereocenters. The van der Waals surface area contributed by atoms with Crippen LogP contribution in [0.2, 0.25) is 0 Å². The summed E-state index contributed by atoms with van der Waals surface area (Å²) >= 11 is 3.45. The molecule has 0 saturated heterocycles. The fourth-order valence-electron chi connectivity index (χ4n) is 2.88. The molecule has 0 fully saturated rings. The number of nitriles is 1. The Morgan fingerprint density at radius 2 is 1.90 bits per heavy atom. The lowest BCUT2D eigenvalue weighted by atomic mass is 10.1. The number of ether oxygens (including phenoxy) is 1. The minimum absolute atomic E-state index is 0.143. The molecule has 7 heteroatoms. The van der Waals surface area contributed by atoms with Gasteiger partial charge in [-0.05, 0) is 42.5 Å². The van der Waals surface area contributed by atoms with E-state index in [-0.39, 0.29) is 11.4 Å². The number of nitrogens with zero attached hydrogens (tertiary/aromatic N) is 2. The summed E-state index contributed by atoms with van der Waals surface area (Å²) in [6, 6.07) is 14.7. The van der Waals surface area contributed by atoms with E-state index in [1.807, 2.05) is 18.2 Å². The summed E-state index contributed by atoms with van der Waals surface area (Å²) in [6.07, 6.45) is 6.31. The number of halogens is 1. The normalized spacial score (nSPS) is 10.9. The molecule has 148 valence electrons. The van der Waals surface area contributed by atoms with E-state index in [2.05, 4.69) is 33.6 Å². The van der Waals surface area contributed by atoms with Crippen molar-refractivity contribution < 1.29 is 18.0 Å². The second-order valence-corrected chi connectivity index (χ2v) is 7.01. The summed E-state index contributed by atoms with van der Waals surface area (Å²) in [5.41, 5.74) is 1.45. The summed E-state index contributed by atoms with van der Waals surface area (Å²) in [7, 11) is 0. The van der Waals surface area contributed by atoms with Crippen LogP contribution in [0, 0.1) is 11.3 Å². The zero-order chi connectivity index (χ0) is 20.9. The lowest BCUT2D eigenvalue weighted by molar-refractivity contribution is 0.362. The molecule has 0 N–H and O–H groups in total. The van der Waals surface area contributed by atoms with Crippen molar-refractivity contribution in [3.8, 4) is 34.7 Å². The van der Waals surface area contributed by atoms with Crippen LogP contribution in [0.25, 0.3) is 22.8 Å². The Hall–Kier alpha value is -3.76. The first kappa shape index (κ1) is 19.6. The van der Waals surface area contributed by atoms with Gasteiger partial charge in [0.05, 0.1) is 18.1 Å². The van der Waals surface area contributed by atoms with Gasteiger partial charge >= 0.3 is 0 Å². The second-order valence-electron chi connectivity index (χ2n) is 6.09. The van der Waals surface area contributed by atoms with E-state index in [1.165, 1.54) is 12.5 Å². The van der Waals surface area contributed by atoms with Gasteiger partial charge in [0.1, 0.15) is 29.7 Å². The molecule has 0 bridgehead atoms. The zero-order valence-corrected chi connectivity index (χ0v) is 17.3. The fourth-order valence-corrected chi connectivity index (χ4v) is 3.26. The maximum Gasteiger partial charge on any atom is 0.238 e. The van der Waals surface area contributed by atoms with Gasteiger partial charge in [-0.25, -0.2) is 4.99 Å². The highest BCUT2D eigenvalue weighted by atomic mass is 79.9. The fraction of sp³-hybridized carbons (Fsp3) is 0.0435. The molecule has 4 aromatic rings. The van der Waals surface area contributed by atoms with Crippen molar-refractivity contribution in [1.29, 1.82) is 5.26 Å². The van der Waals surface area contributed by atoms with Gasteiger partial charge in [0.15, 0.2) is 11.5 Å². The van der Waals surface area contributed by atoms with Crippen LogP contribution < -0.4 is 4.74 Å². The molecule has 0 radical (unpaired) electrons. The summed E-state index contributed by atoms with van der Waals surface area (Å²) in [5, 5.41) is 9.82. The Labute approximate surface area is 180 Å². The van der Waals surface area contributed by atoms with Crippen molar-refractivity contribution in [3.63, 3.8) is 0 Å². The summed E-state index contributed by atoms with van der Waals surface area (Å²) in [5.74, 6) is 2.10. The first-order chi connectivity index (χ1) is 14.7. The van der Waals surface area contributed by atoms with Crippen molar-refractivity contribution >= 4 is 28.0 Å². The number of furan rings is 3. The van der Waals surface area contributed by atoms with Gasteiger partial charge in [0, 0.05) is 16.3 Å². The largest absolute Gasteiger partial charge is 0.489 e. The molecule has 0 aliphatic carbocycles. The number of aliphatic imine (C=N–C) groups is 1. The van der Waals surface area contributed by atoms with Crippen molar-refractivity contribution in [2.24, 2.45) is 4.99 Å². The standard InChI is InChI=1S/C23H15BrN2O4/c1-2-9-27-18-8-7-16(24)12-15(18)14-26-23-17(13-25)21(19-5-3-10-28-19)22(30-23)20-6-4-11-29-20/h2-8,10-12,14H,1,9H2. The predicted molar refractivity (Wildman–Crippen MR) is 116 cm³/mol. The lowest BCUT2D eigenvalue weighted by Crippen LogP contribution is -1.96. The third-order valence-corrected chi connectivity index (χ3v) is 4.66. The second kappa shape index (κ2) is 8.72. The minimum atomic E-state index is 0.143. The van der Waals surface area contributed by atoms with E-state index >= 15 is 0 Å². The summed E-state index contributed by atoms with van der Waals surface area (Å²) in [4.78, 5) is 4.43. The molecule has 1 aromatic carbocycles. The minimum Gasteiger partial charge on any atom is -0.489 e. The van der Waals surface area contributed by atoms with Crippen LogP contribution in [-0.4, -0.2) is 12.8 Å². The third-order valence-electron chi connectivity index (χ3n) is 4.16. The van der Waals surface area contributed by atoms with Crippen LogP contribution in [0.1, 0.15) is 11.1 Å². The highest BCUT2D eigenvalue weighted by Crippen LogP contribution is 2.42. The van der Waals surface area contributed by atoms with E-state index < -0.39 is 0 Å². The molecule has 3 heterocycles. The summed E-state index contributed by atoms with van der Waals surface area (Å²) in [6.45, 7) is 4.02. The van der Waals surface area contributed by atoms with Crippen LogP contribution in [0.3, 0.4) is 0 Å². The Balaban J connectivity index is 1.81. The highest BCUT2D eigenvalue weighted by Gasteiger charge is 2.26. The molecular formula is C23H15BrN2O4. The maximum atomic E-state index is 9.82. The maximum absolute atomic E-state index is 9.82. The topological polar surface area (TPSA) is 84.8 Å². The van der Waals surface area contributed by atoms with Gasteiger partial charge in [-0.2, -0.15) is 5.26 Å². The van der Waals surface area contributed by atoms with Crippen LogP contribution >= 0.6 is 15.9 Å². The molecular weight excluding hydrogens is 448 g/mol. The molecule has 0 spiro atoms. The SMILES string of the molecule is C=CCOc1ccc(Br)cc1C=Nc1oc(-c2ccco2)c(-c2ccco2)c1C#N. The quantitative estimate of drug-likeness (QED) is 0.224. The van der Waals surface area contributed by atoms with Crippen molar-refractivity contribution in [3.05, 3.63) is 83.2 Å². The van der Waals surface area contributed by atoms with Crippen LogP contribution in [0.15, 0.2) is 90.4 Å². The van der Waals surface area contributed by atoms with E-state index in [0.717, 1.165) is 4.47 Å². The molecule has 4 rings (SSSR count). The van der Waals surface area contributed by atoms with Crippen LogP contribution in [0.4, 0.5) is 5.88 Å². The average molecular weight is 463 g/mol. The molecule has 0 aliphatic heterocycles. The highest BCUT2D eigenvalue weighted by molar-refractivity contribution is 9.10. The van der Waals surface area contributed by atoms with Crippen molar-refractivity contribution in [2.75, 3.05) is 6.61 Å². The predicted octanol–water partition coefficient (Wildman–Crippen LogP) is 6.75. The smallest absolute Gasteiger partial charge is 0.238 e. The van der Waals surface area contributed by atoms with E-state index in [0.29, 0.717) is 40.8 Å². The molecule has 6 nitrogen and oxygen atoms in total. The van der Waals surface area contributed by atoms with Gasteiger partial charge in [0.2, 0.25) is 5.88 Å². The Morgan fingerprint density at radius 1 is 1.13 bits per heavy atom. The zero-order valence-electron chi connectivity index (χ0n) is 15.7.